The molecule has 1 saturated heterocycles. The molecule has 0 N–H and O–H groups in total. The molecule has 23 heavy (non-hydrogen) atoms. The number of benzene rings is 1. The molecule has 1 aliphatic rings. The van der Waals surface area contributed by atoms with E-state index in [9.17, 15) is 9.47 Å². The SMILES string of the molecule is Cc1cc(Cl)c2ncc(C#N)c(N3CC[S@@](=O)C[C@@H](C)C3)c2c1. The van der Waals surface area contributed by atoms with Crippen molar-refractivity contribution in [2.45, 2.75) is 13.8 Å². The summed E-state index contributed by atoms with van der Waals surface area (Å²) in [6, 6.07) is 6.15. The van der Waals surface area contributed by atoms with Crippen LogP contribution in [0.3, 0.4) is 0 Å². The molecule has 1 aliphatic heterocycles. The summed E-state index contributed by atoms with van der Waals surface area (Å²) in [4.78, 5) is 6.54. The van der Waals surface area contributed by atoms with Crippen LogP contribution >= 0.6 is 11.6 Å². The molecular formula is C17H18ClN3OS. The predicted octanol–water partition coefficient (Wildman–Crippen LogP) is 3.27. The second kappa shape index (κ2) is 6.46. The number of nitrogens with zero attached hydrogens (tertiary/aromatic N) is 3. The first-order valence-corrected chi connectivity index (χ1v) is 9.45. The van der Waals surface area contributed by atoms with E-state index in [1.165, 1.54) is 0 Å². The third kappa shape index (κ3) is 3.19. The number of hydrogen-bond acceptors (Lipinski definition) is 4. The van der Waals surface area contributed by atoms with Gasteiger partial charge in [-0.05, 0) is 30.5 Å². The summed E-state index contributed by atoms with van der Waals surface area (Å²) < 4.78 is 12.0. The highest BCUT2D eigenvalue weighted by molar-refractivity contribution is 7.85. The minimum Gasteiger partial charge on any atom is -0.369 e. The summed E-state index contributed by atoms with van der Waals surface area (Å²) in [7, 11) is -0.799. The van der Waals surface area contributed by atoms with Gasteiger partial charge < -0.3 is 4.90 Å². The van der Waals surface area contributed by atoms with Crippen molar-refractivity contribution < 1.29 is 4.21 Å². The van der Waals surface area contributed by atoms with E-state index in [-0.39, 0.29) is 0 Å². The predicted molar refractivity (Wildman–Crippen MR) is 95.5 cm³/mol. The molecule has 1 aromatic heterocycles. The van der Waals surface area contributed by atoms with Crippen LogP contribution in [0.25, 0.3) is 10.9 Å². The first-order valence-electron chi connectivity index (χ1n) is 7.58. The van der Waals surface area contributed by atoms with Gasteiger partial charge in [-0.3, -0.25) is 9.19 Å². The minimum atomic E-state index is -0.799. The van der Waals surface area contributed by atoms with Crippen molar-refractivity contribution in [2.75, 3.05) is 29.5 Å². The highest BCUT2D eigenvalue weighted by Gasteiger charge is 2.23. The number of anilines is 1. The molecule has 0 radical (unpaired) electrons. The fourth-order valence-corrected chi connectivity index (χ4v) is 4.79. The fraction of sp³-hybridized carbons (Fsp3) is 0.412. The van der Waals surface area contributed by atoms with Gasteiger partial charge in [0.2, 0.25) is 0 Å². The van der Waals surface area contributed by atoms with E-state index in [4.69, 9.17) is 11.6 Å². The van der Waals surface area contributed by atoms with Crippen molar-refractivity contribution in [3.63, 3.8) is 0 Å². The van der Waals surface area contributed by atoms with E-state index in [2.05, 4.69) is 22.9 Å². The molecule has 0 unspecified atom stereocenters. The molecule has 2 heterocycles. The largest absolute Gasteiger partial charge is 0.369 e. The van der Waals surface area contributed by atoms with Gasteiger partial charge in [0.05, 0.1) is 21.8 Å². The van der Waals surface area contributed by atoms with Gasteiger partial charge in [0.25, 0.3) is 0 Å². The van der Waals surface area contributed by atoms with Crippen LogP contribution in [0.1, 0.15) is 18.1 Å². The maximum atomic E-state index is 12.0. The molecule has 0 amide bonds. The van der Waals surface area contributed by atoms with Crippen molar-refractivity contribution in [3.05, 3.63) is 34.5 Å². The Balaban J connectivity index is 2.22. The second-order valence-corrected chi connectivity index (χ2v) is 8.17. The van der Waals surface area contributed by atoms with Gasteiger partial charge in [0, 0.05) is 47.0 Å². The molecule has 0 bridgehead atoms. The summed E-state index contributed by atoms with van der Waals surface area (Å²) in [5.41, 5.74) is 3.16. The topological polar surface area (TPSA) is 57.0 Å². The number of fused-ring (bicyclic) bond motifs is 1. The smallest absolute Gasteiger partial charge is 0.103 e. The maximum absolute atomic E-state index is 12.0. The van der Waals surface area contributed by atoms with Crippen molar-refractivity contribution in [1.29, 1.82) is 5.26 Å². The Morgan fingerprint density at radius 2 is 2.26 bits per heavy atom. The molecule has 3 rings (SSSR count). The zero-order valence-corrected chi connectivity index (χ0v) is 14.7. The highest BCUT2D eigenvalue weighted by Crippen LogP contribution is 2.34. The molecule has 0 aliphatic carbocycles. The molecule has 6 heteroatoms. The van der Waals surface area contributed by atoms with Crippen molar-refractivity contribution in [3.8, 4) is 6.07 Å². The molecule has 1 aromatic carbocycles. The number of nitriles is 1. The number of pyridine rings is 1. The molecule has 120 valence electrons. The van der Waals surface area contributed by atoms with E-state index in [0.29, 0.717) is 40.1 Å². The van der Waals surface area contributed by atoms with Crippen LogP contribution in [0.4, 0.5) is 5.69 Å². The third-order valence-electron chi connectivity index (χ3n) is 4.07. The van der Waals surface area contributed by atoms with Crippen LogP contribution in [0.2, 0.25) is 5.02 Å². The van der Waals surface area contributed by atoms with Gasteiger partial charge >= 0.3 is 0 Å². The van der Waals surface area contributed by atoms with Crippen LogP contribution in [0, 0.1) is 24.2 Å². The lowest BCUT2D eigenvalue weighted by molar-refractivity contribution is 0.631. The lowest BCUT2D eigenvalue weighted by Gasteiger charge is -2.27. The lowest BCUT2D eigenvalue weighted by atomic mass is 10.0. The average Bonchev–Trinajstić information content (AvgIpc) is 2.66. The number of hydrogen-bond donors (Lipinski definition) is 0. The van der Waals surface area contributed by atoms with Crippen molar-refractivity contribution in [1.82, 2.24) is 4.98 Å². The number of aromatic nitrogens is 1. The van der Waals surface area contributed by atoms with Gasteiger partial charge in [-0.15, -0.1) is 0 Å². The Morgan fingerprint density at radius 1 is 1.48 bits per heavy atom. The summed E-state index contributed by atoms with van der Waals surface area (Å²) in [5.74, 6) is 1.65. The fourth-order valence-electron chi connectivity index (χ4n) is 3.14. The molecule has 2 aromatic rings. The average molecular weight is 348 g/mol. The third-order valence-corrected chi connectivity index (χ3v) is 5.94. The van der Waals surface area contributed by atoms with Crippen molar-refractivity contribution in [2.24, 2.45) is 5.92 Å². The highest BCUT2D eigenvalue weighted by atomic mass is 35.5. The zero-order valence-electron chi connectivity index (χ0n) is 13.2. The Labute approximate surface area is 143 Å². The van der Waals surface area contributed by atoms with Crippen LogP contribution in [-0.2, 0) is 10.8 Å². The molecule has 0 spiro atoms. The number of halogens is 1. The normalized spacial score (nSPS) is 21.9. The van der Waals surface area contributed by atoms with Gasteiger partial charge in [-0.1, -0.05) is 18.5 Å². The first kappa shape index (κ1) is 16.2. The maximum Gasteiger partial charge on any atom is 0.103 e. The minimum absolute atomic E-state index is 0.313. The Hall–Kier alpha value is -1.64. The Morgan fingerprint density at radius 3 is 3.00 bits per heavy atom. The van der Waals surface area contributed by atoms with Crippen LogP contribution < -0.4 is 4.90 Å². The number of aryl methyl sites for hydroxylation is 1. The standard InChI is InChI=1S/C17H18ClN3OS/c1-11-5-14-16(15(18)6-11)20-8-13(7-19)17(14)21-3-4-23(22)10-12(2)9-21/h5-6,8,12H,3-4,9-10H2,1-2H3/t12-,23+/m0/s1. The lowest BCUT2D eigenvalue weighted by Crippen LogP contribution is -2.30. The molecule has 4 nitrogen and oxygen atoms in total. The molecule has 0 saturated carbocycles. The van der Waals surface area contributed by atoms with E-state index >= 15 is 0 Å². The quantitative estimate of drug-likeness (QED) is 0.794. The van der Waals surface area contributed by atoms with Crippen LogP contribution in [0.5, 0.6) is 0 Å². The zero-order chi connectivity index (χ0) is 16.6. The summed E-state index contributed by atoms with van der Waals surface area (Å²) in [6.07, 6.45) is 1.59. The van der Waals surface area contributed by atoms with E-state index < -0.39 is 10.8 Å². The summed E-state index contributed by atoms with van der Waals surface area (Å²) in [5, 5.41) is 11.0. The van der Waals surface area contributed by atoms with E-state index in [1.54, 1.807) is 6.20 Å². The molecule has 2 atom stereocenters. The Bertz CT molecular complexity index is 831. The number of rotatable bonds is 1. The van der Waals surface area contributed by atoms with Gasteiger partial charge in [0.15, 0.2) is 0 Å². The summed E-state index contributed by atoms with van der Waals surface area (Å²) in [6.45, 7) is 5.54. The van der Waals surface area contributed by atoms with Crippen molar-refractivity contribution >= 4 is 39.0 Å². The summed E-state index contributed by atoms with van der Waals surface area (Å²) >= 11 is 6.34. The second-order valence-electron chi connectivity index (χ2n) is 6.14. The van der Waals surface area contributed by atoms with Gasteiger partial charge in [-0.2, -0.15) is 5.26 Å². The van der Waals surface area contributed by atoms with Gasteiger partial charge in [0.1, 0.15) is 6.07 Å². The Kier molecular flexibility index (Phi) is 4.56. The molecule has 1 fully saturated rings. The van der Waals surface area contributed by atoms with Crippen LogP contribution in [0.15, 0.2) is 18.3 Å². The van der Waals surface area contributed by atoms with E-state index in [0.717, 1.165) is 23.2 Å². The van der Waals surface area contributed by atoms with E-state index in [1.807, 2.05) is 19.1 Å². The first-order chi connectivity index (χ1) is 11.0. The van der Waals surface area contributed by atoms with Crippen LogP contribution in [-0.4, -0.2) is 33.8 Å². The molecular weight excluding hydrogens is 330 g/mol. The monoisotopic (exact) mass is 347 g/mol. The van der Waals surface area contributed by atoms with Gasteiger partial charge in [-0.25, -0.2) is 0 Å².